The Morgan fingerprint density at radius 2 is 2.24 bits per heavy atom. The van der Waals surface area contributed by atoms with Crippen LogP contribution in [0.25, 0.3) is 0 Å². The minimum Gasteiger partial charge on any atom is -0.386 e. The van der Waals surface area contributed by atoms with Crippen LogP contribution < -0.4 is 4.90 Å². The molecule has 2 aromatic rings. The van der Waals surface area contributed by atoms with E-state index >= 15 is 0 Å². The van der Waals surface area contributed by atoms with Gasteiger partial charge in [0.25, 0.3) is 5.91 Å². The van der Waals surface area contributed by atoms with Gasteiger partial charge in [-0.25, -0.2) is 4.98 Å². The number of aliphatic hydroxyl groups is 1. The van der Waals surface area contributed by atoms with Crippen LogP contribution in [0.4, 0.5) is 5.82 Å². The Morgan fingerprint density at radius 3 is 2.96 bits per heavy atom. The highest BCUT2D eigenvalue weighted by Crippen LogP contribution is 2.26. The molecule has 1 amide bonds. The summed E-state index contributed by atoms with van der Waals surface area (Å²) in [5, 5.41) is 15.2. The number of rotatable bonds is 6. The number of carbonyl (C=O) groups is 1. The van der Waals surface area contributed by atoms with Crippen LogP contribution in [-0.4, -0.2) is 63.0 Å². The Morgan fingerprint density at radius 1 is 1.40 bits per heavy atom. The number of hydrogen-bond acceptors (Lipinski definition) is 5. The summed E-state index contributed by atoms with van der Waals surface area (Å²) in [5.74, 6) is 0.685. The van der Waals surface area contributed by atoms with Crippen molar-refractivity contribution in [1.29, 1.82) is 0 Å². The number of likely N-dealkylation sites (N-methyl/N-ethyl adjacent to an activating group) is 1. The number of aromatic nitrogens is 3. The molecule has 1 saturated heterocycles. The Hall–Kier alpha value is -2.41. The van der Waals surface area contributed by atoms with Crippen LogP contribution in [0.2, 0.25) is 0 Å². The van der Waals surface area contributed by atoms with E-state index in [1.807, 2.05) is 29.3 Å². The Balaban J connectivity index is 1.61. The molecule has 0 aliphatic carbocycles. The third-order valence-corrected chi connectivity index (χ3v) is 4.50. The zero-order valence-corrected chi connectivity index (χ0v) is 14.8. The first kappa shape index (κ1) is 17.4. The molecule has 7 heteroatoms. The van der Waals surface area contributed by atoms with Gasteiger partial charge in [0.15, 0.2) is 0 Å². The molecule has 0 radical (unpaired) electrons. The monoisotopic (exact) mass is 343 g/mol. The molecule has 134 valence electrons. The topological polar surface area (TPSA) is 74.5 Å². The van der Waals surface area contributed by atoms with Crippen LogP contribution in [-0.2, 0) is 6.54 Å². The molecule has 3 rings (SSSR count). The molecule has 1 aliphatic heterocycles. The molecule has 1 fully saturated rings. The highest BCUT2D eigenvalue weighted by atomic mass is 16.3. The van der Waals surface area contributed by atoms with Crippen molar-refractivity contribution in [3.8, 4) is 0 Å². The number of aryl methyl sites for hydroxylation is 1. The fourth-order valence-electron chi connectivity index (χ4n) is 3.26. The van der Waals surface area contributed by atoms with E-state index in [1.54, 1.807) is 28.9 Å². The maximum Gasteiger partial charge on any atom is 0.274 e. The van der Waals surface area contributed by atoms with Gasteiger partial charge < -0.3 is 14.9 Å². The summed E-state index contributed by atoms with van der Waals surface area (Å²) in [6.45, 7) is 4.32. The lowest BCUT2D eigenvalue weighted by atomic mass is 10.0. The fourth-order valence-corrected chi connectivity index (χ4v) is 3.26. The third-order valence-electron chi connectivity index (χ3n) is 4.50. The molecule has 1 unspecified atom stereocenters. The van der Waals surface area contributed by atoms with Crippen LogP contribution in [0.15, 0.2) is 36.7 Å². The van der Waals surface area contributed by atoms with Gasteiger partial charge in [-0.3, -0.25) is 9.48 Å². The van der Waals surface area contributed by atoms with E-state index in [0.29, 0.717) is 18.7 Å². The van der Waals surface area contributed by atoms with Crippen molar-refractivity contribution in [2.45, 2.75) is 31.9 Å². The van der Waals surface area contributed by atoms with Crippen LogP contribution in [0.5, 0.6) is 0 Å². The van der Waals surface area contributed by atoms with Gasteiger partial charge in [0, 0.05) is 39.1 Å². The minimum absolute atomic E-state index is 0.167. The van der Waals surface area contributed by atoms with Crippen molar-refractivity contribution in [3.63, 3.8) is 0 Å². The van der Waals surface area contributed by atoms with Crippen molar-refractivity contribution >= 4 is 11.7 Å². The molecule has 7 nitrogen and oxygen atoms in total. The molecule has 0 spiro atoms. The van der Waals surface area contributed by atoms with Gasteiger partial charge in [0.1, 0.15) is 17.1 Å². The predicted molar refractivity (Wildman–Crippen MR) is 95.5 cm³/mol. The molecule has 1 aliphatic rings. The minimum atomic E-state index is -0.937. The second kappa shape index (κ2) is 7.23. The second-order valence-corrected chi connectivity index (χ2v) is 6.71. The summed E-state index contributed by atoms with van der Waals surface area (Å²) in [4.78, 5) is 20.5. The van der Waals surface area contributed by atoms with E-state index in [1.165, 1.54) is 0 Å². The molecule has 0 saturated carbocycles. The highest BCUT2D eigenvalue weighted by molar-refractivity contribution is 5.92. The normalized spacial score (nSPS) is 20.0. The number of amides is 1. The quantitative estimate of drug-likeness (QED) is 0.858. The molecule has 0 aromatic carbocycles. The van der Waals surface area contributed by atoms with Gasteiger partial charge in [0.2, 0.25) is 0 Å². The third kappa shape index (κ3) is 3.99. The van der Waals surface area contributed by atoms with Gasteiger partial charge in [0.05, 0.1) is 6.54 Å². The number of carbonyl (C=O) groups excluding carboxylic acids is 1. The Kier molecular flexibility index (Phi) is 5.03. The molecule has 2 aromatic heterocycles. The maximum atomic E-state index is 12.6. The van der Waals surface area contributed by atoms with Gasteiger partial charge in [-0.2, -0.15) is 5.10 Å². The maximum absolute atomic E-state index is 12.6. The van der Waals surface area contributed by atoms with E-state index in [2.05, 4.69) is 17.0 Å². The SMILES string of the molecule is CCCn1ccc(C(=O)N(C)CC2(O)CCN(c3ccccn3)C2)n1. The molecule has 0 bridgehead atoms. The van der Waals surface area contributed by atoms with E-state index in [9.17, 15) is 9.90 Å². The number of hydrogen-bond donors (Lipinski definition) is 1. The zero-order valence-electron chi connectivity index (χ0n) is 14.8. The van der Waals surface area contributed by atoms with E-state index in [4.69, 9.17) is 0 Å². The highest BCUT2D eigenvalue weighted by Gasteiger charge is 2.38. The smallest absolute Gasteiger partial charge is 0.274 e. The van der Waals surface area contributed by atoms with Crippen LogP contribution in [0.1, 0.15) is 30.3 Å². The summed E-state index contributed by atoms with van der Waals surface area (Å²) < 4.78 is 1.77. The first-order chi connectivity index (χ1) is 12.0. The van der Waals surface area contributed by atoms with Gasteiger partial charge in [-0.05, 0) is 31.0 Å². The fraction of sp³-hybridized carbons (Fsp3) is 0.500. The zero-order chi connectivity index (χ0) is 17.9. The first-order valence-corrected chi connectivity index (χ1v) is 8.68. The summed E-state index contributed by atoms with van der Waals surface area (Å²) in [7, 11) is 1.71. The molecule has 25 heavy (non-hydrogen) atoms. The molecule has 1 N–H and O–H groups in total. The lowest BCUT2D eigenvalue weighted by Gasteiger charge is -2.28. The number of nitrogens with zero attached hydrogens (tertiary/aromatic N) is 5. The predicted octanol–water partition coefficient (Wildman–Crippen LogP) is 1.40. The number of β-amino-alcohol motifs (C(OH)–C–C–N with tert-alkyl or cyclic N) is 1. The Bertz CT molecular complexity index is 717. The first-order valence-electron chi connectivity index (χ1n) is 8.68. The standard InChI is InChI=1S/C18H25N5O2/c1-3-10-23-11-7-15(20-23)17(24)21(2)13-18(25)8-12-22(14-18)16-6-4-5-9-19-16/h4-7,9,11,25H,3,8,10,12-14H2,1-2H3. The van der Waals surface area contributed by atoms with E-state index in [0.717, 1.165) is 25.3 Å². The van der Waals surface area contributed by atoms with Crippen LogP contribution in [0, 0.1) is 0 Å². The average Bonchev–Trinajstić information content (AvgIpc) is 3.22. The average molecular weight is 343 g/mol. The summed E-state index contributed by atoms with van der Waals surface area (Å²) >= 11 is 0. The van der Waals surface area contributed by atoms with E-state index < -0.39 is 5.60 Å². The molecular formula is C18H25N5O2. The number of pyridine rings is 1. The summed E-state index contributed by atoms with van der Waals surface area (Å²) in [5.41, 5.74) is -0.521. The lowest BCUT2D eigenvalue weighted by molar-refractivity contribution is 0.0261. The van der Waals surface area contributed by atoms with Crippen LogP contribution >= 0.6 is 0 Å². The van der Waals surface area contributed by atoms with Crippen molar-refractivity contribution in [3.05, 3.63) is 42.4 Å². The van der Waals surface area contributed by atoms with Crippen molar-refractivity contribution in [1.82, 2.24) is 19.7 Å². The van der Waals surface area contributed by atoms with Crippen LogP contribution in [0.3, 0.4) is 0 Å². The summed E-state index contributed by atoms with van der Waals surface area (Å²) in [6, 6.07) is 7.46. The van der Waals surface area contributed by atoms with Crippen molar-refractivity contribution in [2.75, 3.05) is 31.6 Å². The van der Waals surface area contributed by atoms with Crippen molar-refractivity contribution in [2.24, 2.45) is 0 Å². The number of anilines is 1. The largest absolute Gasteiger partial charge is 0.386 e. The summed E-state index contributed by atoms with van der Waals surface area (Å²) in [6.07, 6.45) is 5.13. The second-order valence-electron chi connectivity index (χ2n) is 6.71. The molecule has 1 atom stereocenters. The van der Waals surface area contributed by atoms with Gasteiger partial charge in [-0.15, -0.1) is 0 Å². The lowest BCUT2D eigenvalue weighted by Crippen LogP contribution is -2.46. The van der Waals surface area contributed by atoms with Gasteiger partial charge in [-0.1, -0.05) is 13.0 Å². The molecular weight excluding hydrogens is 318 g/mol. The van der Waals surface area contributed by atoms with Crippen molar-refractivity contribution < 1.29 is 9.90 Å². The Labute approximate surface area is 147 Å². The van der Waals surface area contributed by atoms with Gasteiger partial charge >= 0.3 is 0 Å². The van der Waals surface area contributed by atoms with E-state index in [-0.39, 0.29) is 12.5 Å². The molecule has 3 heterocycles.